The minimum atomic E-state index is 0.453. The van der Waals surface area contributed by atoms with E-state index in [1.54, 1.807) is 0 Å². The van der Waals surface area contributed by atoms with E-state index in [1.165, 1.54) is 11.3 Å². The van der Waals surface area contributed by atoms with Gasteiger partial charge in [0.25, 0.3) is 0 Å². The van der Waals surface area contributed by atoms with Gasteiger partial charge < -0.3 is 5.32 Å². The van der Waals surface area contributed by atoms with Crippen LogP contribution in [0.1, 0.15) is 50.9 Å². The van der Waals surface area contributed by atoms with Gasteiger partial charge in [-0.2, -0.15) is 10.2 Å². The SMILES string of the molecule is CCCn1cc(CNCc2ccnn2[C@H](C)CC)cn1. The predicted octanol–water partition coefficient (Wildman–Crippen LogP) is 2.75. The minimum absolute atomic E-state index is 0.453. The zero-order valence-corrected chi connectivity index (χ0v) is 12.7. The lowest BCUT2D eigenvalue weighted by molar-refractivity contribution is 0.451. The van der Waals surface area contributed by atoms with E-state index < -0.39 is 0 Å². The van der Waals surface area contributed by atoms with Crippen LogP contribution in [0.5, 0.6) is 0 Å². The van der Waals surface area contributed by atoms with Gasteiger partial charge >= 0.3 is 0 Å². The number of aryl methyl sites for hydroxylation is 1. The summed E-state index contributed by atoms with van der Waals surface area (Å²) in [6.07, 6.45) is 8.14. The van der Waals surface area contributed by atoms with Crippen molar-refractivity contribution in [3.05, 3.63) is 35.9 Å². The Morgan fingerprint density at radius 1 is 1.25 bits per heavy atom. The molecular weight excluding hydrogens is 250 g/mol. The molecule has 20 heavy (non-hydrogen) atoms. The third kappa shape index (κ3) is 3.70. The predicted molar refractivity (Wildman–Crippen MR) is 80.3 cm³/mol. The van der Waals surface area contributed by atoms with Gasteiger partial charge in [-0.05, 0) is 25.8 Å². The van der Waals surface area contributed by atoms with E-state index in [1.807, 2.05) is 17.1 Å². The zero-order chi connectivity index (χ0) is 14.4. The Bertz CT molecular complexity index is 514. The monoisotopic (exact) mass is 275 g/mol. The van der Waals surface area contributed by atoms with Crippen molar-refractivity contribution in [3.63, 3.8) is 0 Å². The molecule has 0 aliphatic carbocycles. The first kappa shape index (κ1) is 14.8. The lowest BCUT2D eigenvalue weighted by Gasteiger charge is -2.13. The van der Waals surface area contributed by atoms with Crippen LogP contribution in [-0.2, 0) is 19.6 Å². The van der Waals surface area contributed by atoms with Crippen molar-refractivity contribution in [2.75, 3.05) is 0 Å². The average Bonchev–Trinajstić information content (AvgIpc) is 3.08. The van der Waals surface area contributed by atoms with Crippen molar-refractivity contribution < 1.29 is 0 Å². The van der Waals surface area contributed by atoms with Gasteiger partial charge in [0.15, 0.2) is 0 Å². The number of nitrogens with one attached hydrogen (secondary N) is 1. The van der Waals surface area contributed by atoms with Gasteiger partial charge in [-0.25, -0.2) is 0 Å². The second-order valence-electron chi connectivity index (χ2n) is 5.24. The molecule has 0 amide bonds. The summed E-state index contributed by atoms with van der Waals surface area (Å²) in [5, 5.41) is 12.2. The molecule has 0 saturated heterocycles. The quantitative estimate of drug-likeness (QED) is 0.806. The lowest BCUT2D eigenvalue weighted by Crippen LogP contribution is -2.18. The first-order chi connectivity index (χ1) is 9.74. The maximum absolute atomic E-state index is 4.40. The first-order valence-corrected chi connectivity index (χ1v) is 7.49. The fourth-order valence-corrected chi connectivity index (χ4v) is 2.24. The van der Waals surface area contributed by atoms with E-state index in [4.69, 9.17) is 0 Å². The lowest BCUT2D eigenvalue weighted by atomic mass is 10.2. The highest BCUT2D eigenvalue weighted by atomic mass is 15.3. The van der Waals surface area contributed by atoms with Crippen LogP contribution in [-0.4, -0.2) is 19.6 Å². The maximum Gasteiger partial charge on any atom is 0.0534 e. The highest BCUT2D eigenvalue weighted by molar-refractivity contribution is 5.05. The maximum atomic E-state index is 4.40. The zero-order valence-electron chi connectivity index (χ0n) is 12.7. The standard InChI is InChI=1S/C15H25N5/c1-4-8-19-12-14(10-18-19)9-16-11-15-6-7-17-20(15)13(3)5-2/h6-7,10,12-13,16H,4-5,8-9,11H2,1-3H3/t13-/m1/s1. The van der Waals surface area contributed by atoms with E-state index in [0.717, 1.165) is 32.5 Å². The molecule has 0 saturated carbocycles. The van der Waals surface area contributed by atoms with Crippen molar-refractivity contribution in [2.24, 2.45) is 0 Å². The van der Waals surface area contributed by atoms with Crippen LogP contribution in [0.3, 0.4) is 0 Å². The van der Waals surface area contributed by atoms with Crippen LogP contribution in [0.25, 0.3) is 0 Å². The Labute approximate surface area is 121 Å². The van der Waals surface area contributed by atoms with Crippen molar-refractivity contribution in [1.82, 2.24) is 24.9 Å². The molecule has 1 N–H and O–H groups in total. The highest BCUT2D eigenvalue weighted by Gasteiger charge is 2.07. The summed E-state index contributed by atoms with van der Waals surface area (Å²) in [5.74, 6) is 0. The number of rotatable bonds is 8. The Morgan fingerprint density at radius 2 is 2.10 bits per heavy atom. The van der Waals surface area contributed by atoms with Gasteiger partial charge in [0.1, 0.15) is 0 Å². The van der Waals surface area contributed by atoms with Crippen molar-refractivity contribution >= 4 is 0 Å². The third-order valence-electron chi connectivity index (χ3n) is 3.54. The molecule has 2 aromatic heterocycles. The summed E-state index contributed by atoms with van der Waals surface area (Å²) in [7, 11) is 0. The highest BCUT2D eigenvalue weighted by Crippen LogP contribution is 2.12. The van der Waals surface area contributed by atoms with Crippen molar-refractivity contribution in [2.45, 2.75) is 59.3 Å². The molecule has 110 valence electrons. The smallest absolute Gasteiger partial charge is 0.0534 e. The summed E-state index contributed by atoms with van der Waals surface area (Å²) in [4.78, 5) is 0. The van der Waals surface area contributed by atoms with E-state index >= 15 is 0 Å². The van der Waals surface area contributed by atoms with Crippen LogP contribution in [0.15, 0.2) is 24.7 Å². The fraction of sp³-hybridized carbons (Fsp3) is 0.600. The summed E-state index contributed by atoms with van der Waals surface area (Å²) >= 11 is 0. The van der Waals surface area contributed by atoms with Gasteiger partial charge in [0.05, 0.1) is 11.9 Å². The third-order valence-corrected chi connectivity index (χ3v) is 3.54. The van der Waals surface area contributed by atoms with E-state index in [9.17, 15) is 0 Å². The summed E-state index contributed by atoms with van der Waals surface area (Å²) in [5.41, 5.74) is 2.47. The molecule has 2 aromatic rings. The van der Waals surface area contributed by atoms with Gasteiger partial charge in [0.2, 0.25) is 0 Å². The molecule has 0 radical (unpaired) electrons. The van der Waals surface area contributed by atoms with Crippen LogP contribution in [0.2, 0.25) is 0 Å². The second-order valence-corrected chi connectivity index (χ2v) is 5.24. The summed E-state index contributed by atoms with van der Waals surface area (Å²) < 4.78 is 4.11. The van der Waals surface area contributed by atoms with Crippen LogP contribution in [0, 0.1) is 0 Å². The molecule has 5 heteroatoms. The van der Waals surface area contributed by atoms with E-state index in [-0.39, 0.29) is 0 Å². The van der Waals surface area contributed by atoms with Crippen molar-refractivity contribution in [3.8, 4) is 0 Å². The minimum Gasteiger partial charge on any atom is -0.307 e. The number of nitrogens with zero attached hydrogens (tertiary/aromatic N) is 4. The fourth-order valence-electron chi connectivity index (χ4n) is 2.24. The van der Waals surface area contributed by atoms with Gasteiger partial charge in [-0.1, -0.05) is 13.8 Å². The number of hydrogen-bond donors (Lipinski definition) is 1. The molecule has 0 aromatic carbocycles. The molecular formula is C15H25N5. The molecule has 0 aliphatic heterocycles. The summed E-state index contributed by atoms with van der Waals surface area (Å²) in [6, 6.07) is 2.54. The molecule has 2 rings (SSSR count). The van der Waals surface area contributed by atoms with E-state index in [0.29, 0.717) is 6.04 Å². The number of aromatic nitrogens is 4. The molecule has 0 fully saturated rings. The Balaban J connectivity index is 1.84. The topological polar surface area (TPSA) is 47.7 Å². The van der Waals surface area contributed by atoms with E-state index in [2.05, 4.69) is 53.2 Å². The second kappa shape index (κ2) is 7.24. The molecule has 0 unspecified atom stereocenters. The van der Waals surface area contributed by atoms with Gasteiger partial charge in [-0.15, -0.1) is 0 Å². The first-order valence-electron chi connectivity index (χ1n) is 7.49. The Morgan fingerprint density at radius 3 is 2.85 bits per heavy atom. The molecule has 0 bridgehead atoms. The molecule has 1 atom stereocenters. The average molecular weight is 275 g/mol. The van der Waals surface area contributed by atoms with Gasteiger partial charge in [-0.3, -0.25) is 9.36 Å². The van der Waals surface area contributed by atoms with Crippen molar-refractivity contribution in [1.29, 1.82) is 0 Å². The van der Waals surface area contributed by atoms with Gasteiger partial charge in [0, 0.05) is 43.6 Å². The van der Waals surface area contributed by atoms with Crippen LogP contribution in [0.4, 0.5) is 0 Å². The largest absolute Gasteiger partial charge is 0.307 e. The van der Waals surface area contributed by atoms with Crippen LogP contribution >= 0.6 is 0 Å². The van der Waals surface area contributed by atoms with Crippen LogP contribution < -0.4 is 5.32 Å². The summed E-state index contributed by atoms with van der Waals surface area (Å²) in [6.45, 7) is 9.21. The Kier molecular flexibility index (Phi) is 5.35. The molecule has 2 heterocycles. The molecule has 0 spiro atoms. The normalized spacial score (nSPS) is 12.8. The number of hydrogen-bond acceptors (Lipinski definition) is 3. The molecule has 5 nitrogen and oxygen atoms in total. The Hall–Kier alpha value is -1.62. The molecule has 0 aliphatic rings.